The molecule has 1 amide bonds. The Morgan fingerprint density at radius 2 is 2.28 bits per heavy atom. The van der Waals surface area contributed by atoms with E-state index >= 15 is 0 Å². The van der Waals surface area contributed by atoms with Gasteiger partial charge in [0.25, 0.3) is 5.91 Å². The first kappa shape index (κ1) is 12.4. The second kappa shape index (κ2) is 5.55. The van der Waals surface area contributed by atoms with Gasteiger partial charge in [0.05, 0.1) is 12.3 Å². The third kappa shape index (κ3) is 2.62. The SMILES string of the molecule is CCOc1cccc(N)c1C(=O)Nc1ccsc1. The lowest BCUT2D eigenvalue weighted by Crippen LogP contribution is -2.15. The maximum atomic E-state index is 12.2. The van der Waals surface area contributed by atoms with Crippen LogP contribution in [-0.2, 0) is 0 Å². The van der Waals surface area contributed by atoms with E-state index in [1.165, 1.54) is 11.3 Å². The van der Waals surface area contributed by atoms with Gasteiger partial charge in [0, 0.05) is 11.1 Å². The molecule has 0 fully saturated rings. The molecule has 1 aromatic heterocycles. The summed E-state index contributed by atoms with van der Waals surface area (Å²) < 4.78 is 5.42. The Balaban J connectivity index is 2.28. The van der Waals surface area contributed by atoms with Gasteiger partial charge >= 0.3 is 0 Å². The highest BCUT2D eigenvalue weighted by Crippen LogP contribution is 2.26. The number of anilines is 2. The minimum absolute atomic E-state index is 0.255. The number of carbonyl (C=O) groups is 1. The summed E-state index contributed by atoms with van der Waals surface area (Å²) in [5.74, 6) is 0.250. The van der Waals surface area contributed by atoms with Crippen LogP contribution in [0.3, 0.4) is 0 Å². The standard InChI is InChI=1S/C13H14N2O2S/c1-2-17-11-5-3-4-10(14)12(11)13(16)15-9-6-7-18-8-9/h3-8H,2,14H2,1H3,(H,15,16). The molecular weight excluding hydrogens is 248 g/mol. The van der Waals surface area contributed by atoms with E-state index in [9.17, 15) is 4.79 Å². The lowest BCUT2D eigenvalue weighted by Gasteiger charge is -2.12. The number of hydrogen-bond acceptors (Lipinski definition) is 4. The number of amides is 1. The van der Waals surface area contributed by atoms with E-state index < -0.39 is 0 Å². The number of benzene rings is 1. The fourth-order valence-electron chi connectivity index (χ4n) is 1.60. The molecule has 4 nitrogen and oxygen atoms in total. The zero-order valence-electron chi connectivity index (χ0n) is 9.97. The second-order valence-electron chi connectivity index (χ2n) is 3.62. The predicted octanol–water partition coefficient (Wildman–Crippen LogP) is 2.98. The van der Waals surface area contributed by atoms with E-state index in [2.05, 4.69) is 5.32 Å². The number of thiophene rings is 1. The van der Waals surface area contributed by atoms with Crippen LogP contribution in [0.1, 0.15) is 17.3 Å². The normalized spacial score (nSPS) is 10.1. The molecule has 0 spiro atoms. The zero-order valence-corrected chi connectivity index (χ0v) is 10.8. The van der Waals surface area contributed by atoms with E-state index in [1.807, 2.05) is 23.8 Å². The van der Waals surface area contributed by atoms with Crippen molar-refractivity contribution in [1.82, 2.24) is 0 Å². The molecular formula is C13H14N2O2S. The summed E-state index contributed by atoms with van der Waals surface area (Å²) in [6, 6.07) is 7.02. The summed E-state index contributed by atoms with van der Waals surface area (Å²) in [4.78, 5) is 12.2. The molecule has 2 aromatic rings. The van der Waals surface area contributed by atoms with E-state index in [0.717, 1.165) is 5.69 Å². The summed E-state index contributed by atoms with van der Waals surface area (Å²) in [5, 5.41) is 6.54. The van der Waals surface area contributed by atoms with Gasteiger partial charge in [0.1, 0.15) is 11.3 Å². The number of nitrogens with one attached hydrogen (secondary N) is 1. The number of nitrogen functional groups attached to an aromatic ring is 1. The molecule has 1 aromatic carbocycles. The minimum Gasteiger partial charge on any atom is -0.493 e. The largest absolute Gasteiger partial charge is 0.493 e. The van der Waals surface area contributed by atoms with Crippen molar-refractivity contribution < 1.29 is 9.53 Å². The van der Waals surface area contributed by atoms with Crippen LogP contribution in [0, 0.1) is 0 Å². The molecule has 0 bridgehead atoms. The van der Waals surface area contributed by atoms with Crippen molar-refractivity contribution in [3.8, 4) is 5.75 Å². The summed E-state index contributed by atoms with van der Waals surface area (Å²) in [6.07, 6.45) is 0. The molecule has 0 unspecified atom stereocenters. The maximum absolute atomic E-state index is 12.2. The first-order valence-corrected chi connectivity index (χ1v) is 6.51. The van der Waals surface area contributed by atoms with Crippen LogP contribution in [0.25, 0.3) is 0 Å². The quantitative estimate of drug-likeness (QED) is 0.832. The van der Waals surface area contributed by atoms with Gasteiger partial charge < -0.3 is 15.8 Å². The van der Waals surface area contributed by atoms with Crippen LogP contribution in [0.15, 0.2) is 35.0 Å². The highest BCUT2D eigenvalue weighted by molar-refractivity contribution is 7.08. The third-order valence-electron chi connectivity index (χ3n) is 2.36. The van der Waals surface area contributed by atoms with Gasteiger partial charge in [-0.15, -0.1) is 0 Å². The fraction of sp³-hybridized carbons (Fsp3) is 0.154. The van der Waals surface area contributed by atoms with Gasteiger partial charge in [0.2, 0.25) is 0 Å². The Hall–Kier alpha value is -2.01. The highest BCUT2D eigenvalue weighted by atomic mass is 32.1. The van der Waals surface area contributed by atoms with Crippen molar-refractivity contribution in [3.05, 3.63) is 40.6 Å². The topological polar surface area (TPSA) is 64.3 Å². The van der Waals surface area contributed by atoms with Crippen molar-refractivity contribution in [1.29, 1.82) is 0 Å². The van der Waals surface area contributed by atoms with Crippen LogP contribution in [0.2, 0.25) is 0 Å². The summed E-state index contributed by atoms with van der Waals surface area (Å²) >= 11 is 1.52. The first-order valence-electron chi connectivity index (χ1n) is 5.57. The van der Waals surface area contributed by atoms with Crippen molar-refractivity contribution >= 4 is 28.6 Å². The average Bonchev–Trinajstić information content (AvgIpc) is 2.82. The first-order chi connectivity index (χ1) is 8.72. The minimum atomic E-state index is -0.255. The van der Waals surface area contributed by atoms with Crippen LogP contribution < -0.4 is 15.8 Å². The molecule has 5 heteroatoms. The third-order valence-corrected chi connectivity index (χ3v) is 3.05. The van der Waals surface area contributed by atoms with Gasteiger partial charge in [-0.3, -0.25) is 4.79 Å². The van der Waals surface area contributed by atoms with Crippen molar-refractivity contribution in [2.45, 2.75) is 6.92 Å². The number of nitrogens with two attached hydrogens (primary N) is 1. The molecule has 0 saturated heterocycles. The summed E-state index contributed by atoms with van der Waals surface area (Å²) in [6.45, 7) is 2.35. The Kier molecular flexibility index (Phi) is 3.84. The lowest BCUT2D eigenvalue weighted by molar-refractivity contribution is 0.102. The monoisotopic (exact) mass is 262 g/mol. The fourth-order valence-corrected chi connectivity index (χ4v) is 2.18. The van der Waals surface area contributed by atoms with Gasteiger partial charge in [-0.05, 0) is 30.5 Å². The Bertz CT molecular complexity index is 538. The molecule has 2 rings (SSSR count). The average molecular weight is 262 g/mol. The Morgan fingerprint density at radius 3 is 2.94 bits per heavy atom. The smallest absolute Gasteiger partial charge is 0.261 e. The molecule has 0 aliphatic heterocycles. The maximum Gasteiger partial charge on any atom is 0.261 e. The van der Waals surface area contributed by atoms with E-state index in [0.29, 0.717) is 23.6 Å². The second-order valence-corrected chi connectivity index (χ2v) is 4.40. The van der Waals surface area contributed by atoms with Crippen molar-refractivity contribution in [2.75, 3.05) is 17.7 Å². The molecule has 1 heterocycles. The van der Waals surface area contributed by atoms with Gasteiger partial charge in [0.15, 0.2) is 0 Å². The molecule has 18 heavy (non-hydrogen) atoms. The van der Waals surface area contributed by atoms with E-state index in [1.54, 1.807) is 18.2 Å². The molecule has 3 N–H and O–H groups in total. The zero-order chi connectivity index (χ0) is 13.0. The summed E-state index contributed by atoms with van der Waals surface area (Å²) in [5.41, 5.74) is 7.39. The van der Waals surface area contributed by atoms with Gasteiger partial charge in [-0.1, -0.05) is 6.07 Å². The number of hydrogen-bond donors (Lipinski definition) is 2. The van der Waals surface area contributed by atoms with E-state index in [-0.39, 0.29) is 5.91 Å². The highest BCUT2D eigenvalue weighted by Gasteiger charge is 2.16. The summed E-state index contributed by atoms with van der Waals surface area (Å²) in [7, 11) is 0. The van der Waals surface area contributed by atoms with Crippen LogP contribution in [0.4, 0.5) is 11.4 Å². The van der Waals surface area contributed by atoms with Gasteiger partial charge in [-0.25, -0.2) is 0 Å². The van der Waals surface area contributed by atoms with Crippen molar-refractivity contribution in [2.24, 2.45) is 0 Å². The number of rotatable bonds is 4. The Morgan fingerprint density at radius 1 is 1.44 bits per heavy atom. The van der Waals surface area contributed by atoms with E-state index in [4.69, 9.17) is 10.5 Å². The van der Waals surface area contributed by atoms with Crippen LogP contribution >= 0.6 is 11.3 Å². The molecule has 94 valence electrons. The molecule has 0 aliphatic carbocycles. The molecule has 0 atom stereocenters. The van der Waals surface area contributed by atoms with Crippen LogP contribution in [-0.4, -0.2) is 12.5 Å². The molecule has 0 aliphatic rings. The number of ether oxygens (including phenoxy) is 1. The van der Waals surface area contributed by atoms with Crippen LogP contribution in [0.5, 0.6) is 5.75 Å². The Labute approximate surface area is 109 Å². The predicted molar refractivity (Wildman–Crippen MR) is 74.3 cm³/mol. The molecule has 0 saturated carbocycles. The molecule has 0 radical (unpaired) electrons. The lowest BCUT2D eigenvalue weighted by atomic mass is 10.1. The van der Waals surface area contributed by atoms with Crippen molar-refractivity contribution in [3.63, 3.8) is 0 Å². The van der Waals surface area contributed by atoms with Gasteiger partial charge in [-0.2, -0.15) is 11.3 Å². The number of carbonyl (C=O) groups excluding carboxylic acids is 1.